The molecule has 0 unspecified atom stereocenters. The van der Waals surface area contributed by atoms with E-state index in [1.807, 2.05) is 0 Å². The number of nitrogens with one attached hydrogen (secondary N) is 3. The van der Waals surface area contributed by atoms with Crippen LogP contribution in [0.25, 0.3) is 0 Å². The fourth-order valence-electron chi connectivity index (χ4n) is 4.34. The van der Waals surface area contributed by atoms with Gasteiger partial charge in [-0.15, -0.1) is 0 Å². The van der Waals surface area contributed by atoms with Crippen molar-refractivity contribution in [2.24, 2.45) is 5.92 Å². The Labute approximate surface area is 157 Å². The minimum atomic E-state index is -0.492. The summed E-state index contributed by atoms with van der Waals surface area (Å²) in [4.78, 5) is 31.3. The zero-order valence-corrected chi connectivity index (χ0v) is 15.8. The largest absolute Gasteiger partial charge is 0.461 e. The molecule has 0 amide bonds. The molecule has 8 nitrogen and oxygen atoms in total. The maximum Gasteiger partial charge on any atom is 0.356 e. The van der Waals surface area contributed by atoms with Crippen LogP contribution in [0.15, 0.2) is 4.79 Å². The van der Waals surface area contributed by atoms with Crippen LogP contribution in [-0.2, 0) is 30.7 Å². The van der Waals surface area contributed by atoms with Gasteiger partial charge in [0.1, 0.15) is 5.69 Å². The summed E-state index contributed by atoms with van der Waals surface area (Å²) in [6, 6.07) is 0. The van der Waals surface area contributed by atoms with Crippen molar-refractivity contribution >= 4 is 5.97 Å². The van der Waals surface area contributed by atoms with Gasteiger partial charge >= 0.3 is 11.7 Å². The Morgan fingerprint density at radius 2 is 2.11 bits per heavy atom. The molecule has 27 heavy (non-hydrogen) atoms. The second-order valence-electron chi connectivity index (χ2n) is 7.60. The van der Waals surface area contributed by atoms with Crippen LogP contribution in [0.4, 0.5) is 0 Å². The van der Waals surface area contributed by atoms with Gasteiger partial charge in [0.25, 0.3) is 0 Å². The Kier molecular flexibility index (Phi) is 5.15. The van der Waals surface area contributed by atoms with Crippen molar-refractivity contribution in [1.82, 2.24) is 25.1 Å². The summed E-state index contributed by atoms with van der Waals surface area (Å²) >= 11 is 0. The van der Waals surface area contributed by atoms with Crippen LogP contribution < -0.4 is 5.69 Å². The van der Waals surface area contributed by atoms with Gasteiger partial charge in [-0.25, -0.2) is 9.59 Å². The van der Waals surface area contributed by atoms with Crippen molar-refractivity contribution < 1.29 is 9.53 Å². The molecule has 1 aliphatic heterocycles. The first-order valence-electron chi connectivity index (χ1n) is 9.89. The first-order chi connectivity index (χ1) is 13.1. The molecule has 0 spiro atoms. The van der Waals surface area contributed by atoms with E-state index in [-0.39, 0.29) is 18.0 Å². The van der Waals surface area contributed by atoms with Gasteiger partial charge in [-0.2, -0.15) is 5.10 Å². The topological polar surface area (TPSA) is 107 Å². The van der Waals surface area contributed by atoms with E-state index in [4.69, 9.17) is 4.74 Å². The lowest BCUT2D eigenvalue weighted by atomic mass is 9.96. The summed E-state index contributed by atoms with van der Waals surface area (Å²) in [5.41, 5.74) is 4.15. The third-order valence-electron chi connectivity index (χ3n) is 5.72. The number of aromatic nitrogens is 4. The van der Waals surface area contributed by atoms with Crippen LogP contribution in [0.5, 0.6) is 0 Å². The first kappa shape index (κ1) is 18.0. The molecule has 3 N–H and O–H groups in total. The molecule has 2 aliphatic rings. The van der Waals surface area contributed by atoms with Gasteiger partial charge in [-0.1, -0.05) is 25.7 Å². The van der Waals surface area contributed by atoms with E-state index in [9.17, 15) is 9.59 Å². The summed E-state index contributed by atoms with van der Waals surface area (Å²) in [6.07, 6.45) is 7.23. The van der Waals surface area contributed by atoms with Gasteiger partial charge in [0, 0.05) is 37.3 Å². The molecule has 0 bridgehead atoms. The molecule has 2 aromatic rings. The smallest absolute Gasteiger partial charge is 0.356 e. The number of esters is 1. The minimum Gasteiger partial charge on any atom is -0.461 e. The number of hydrogen-bond donors (Lipinski definition) is 3. The Morgan fingerprint density at radius 3 is 2.89 bits per heavy atom. The van der Waals surface area contributed by atoms with Crippen LogP contribution in [0.3, 0.4) is 0 Å². The summed E-state index contributed by atoms with van der Waals surface area (Å²) in [7, 11) is 0. The number of hydrogen-bond acceptors (Lipinski definition) is 5. The quantitative estimate of drug-likeness (QED) is 0.671. The Balaban J connectivity index is 1.48. The van der Waals surface area contributed by atoms with E-state index in [0.29, 0.717) is 12.2 Å². The Morgan fingerprint density at radius 1 is 1.30 bits per heavy atom. The van der Waals surface area contributed by atoms with E-state index in [2.05, 4.69) is 25.1 Å². The fraction of sp³-hybridized carbons (Fsp3) is 0.632. The molecule has 146 valence electrons. The van der Waals surface area contributed by atoms with Gasteiger partial charge in [-0.3, -0.25) is 15.0 Å². The number of ether oxygens (including phenoxy) is 1. The molecule has 1 fully saturated rings. The highest BCUT2D eigenvalue weighted by Gasteiger charge is 2.26. The van der Waals surface area contributed by atoms with E-state index < -0.39 is 5.97 Å². The Bertz CT molecular complexity index is 859. The second-order valence-corrected chi connectivity index (χ2v) is 7.60. The third kappa shape index (κ3) is 3.85. The van der Waals surface area contributed by atoms with Crippen LogP contribution in [-0.4, -0.2) is 44.2 Å². The number of carbonyl (C=O) groups excluding carboxylic acids is 1. The summed E-state index contributed by atoms with van der Waals surface area (Å²) < 4.78 is 5.05. The number of imidazole rings is 1. The standard InChI is InChI=1S/C19H27N5O3/c1-2-27-18(25)17-16(20-19(26)21-17)11-24-8-7-14-13(10-24)15(23-22-14)9-12-5-3-4-6-12/h12H,2-11H2,1H3,(H,22,23)(H2,20,21,26). The average molecular weight is 373 g/mol. The van der Waals surface area contributed by atoms with Crippen LogP contribution in [0.2, 0.25) is 0 Å². The summed E-state index contributed by atoms with van der Waals surface area (Å²) in [5.74, 6) is 0.262. The molecule has 1 saturated carbocycles. The molecule has 0 radical (unpaired) electrons. The van der Waals surface area contributed by atoms with Gasteiger partial charge in [0.05, 0.1) is 18.0 Å². The lowest BCUT2D eigenvalue weighted by molar-refractivity contribution is 0.0517. The van der Waals surface area contributed by atoms with Crippen LogP contribution in [0, 0.1) is 5.92 Å². The van der Waals surface area contributed by atoms with Crippen molar-refractivity contribution in [2.45, 2.75) is 58.5 Å². The maximum absolute atomic E-state index is 12.1. The molecule has 2 aromatic heterocycles. The number of aromatic amines is 3. The molecule has 8 heteroatoms. The van der Waals surface area contributed by atoms with Gasteiger partial charge < -0.3 is 9.72 Å². The fourth-order valence-corrected chi connectivity index (χ4v) is 4.34. The molecule has 3 heterocycles. The van der Waals surface area contributed by atoms with Crippen LogP contribution >= 0.6 is 0 Å². The molecule has 0 aromatic carbocycles. The number of fused-ring (bicyclic) bond motifs is 1. The predicted octanol–water partition coefficient (Wildman–Crippen LogP) is 1.89. The molecular formula is C19H27N5O3. The van der Waals surface area contributed by atoms with Crippen molar-refractivity contribution in [3.63, 3.8) is 0 Å². The predicted molar refractivity (Wildman–Crippen MR) is 99.4 cm³/mol. The minimum absolute atomic E-state index is 0.228. The van der Waals surface area contributed by atoms with E-state index in [1.54, 1.807) is 6.92 Å². The number of rotatable bonds is 6. The highest BCUT2D eigenvalue weighted by molar-refractivity contribution is 5.88. The first-order valence-corrected chi connectivity index (χ1v) is 9.89. The molecule has 4 rings (SSSR count). The van der Waals surface area contributed by atoms with Gasteiger partial charge in [0.15, 0.2) is 0 Å². The second kappa shape index (κ2) is 7.72. The lowest BCUT2D eigenvalue weighted by Gasteiger charge is -2.27. The molecule has 0 saturated heterocycles. The number of nitrogens with zero attached hydrogens (tertiary/aromatic N) is 2. The van der Waals surface area contributed by atoms with E-state index in [0.717, 1.165) is 31.8 Å². The monoisotopic (exact) mass is 373 g/mol. The average Bonchev–Trinajstić information content (AvgIpc) is 3.37. The summed E-state index contributed by atoms with van der Waals surface area (Å²) in [5, 5.41) is 7.81. The van der Waals surface area contributed by atoms with Crippen molar-refractivity contribution in [1.29, 1.82) is 0 Å². The Hall–Kier alpha value is -2.35. The molecule has 0 atom stereocenters. The van der Waals surface area contributed by atoms with Gasteiger partial charge in [0.2, 0.25) is 0 Å². The zero-order chi connectivity index (χ0) is 18.8. The molecule has 1 aliphatic carbocycles. The lowest BCUT2D eigenvalue weighted by Crippen LogP contribution is -2.31. The zero-order valence-electron chi connectivity index (χ0n) is 15.8. The third-order valence-corrected chi connectivity index (χ3v) is 5.72. The maximum atomic E-state index is 12.1. The van der Waals surface area contributed by atoms with Gasteiger partial charge in [-0.05, 0) is 19.3 Å². The highest BCUT2D eigenvalue weighted by atomic mass is 16.5. The van der Waals surface area contributed by atoms with E-state index in [1.165, 1.54) is 42.6 Å². The number of H-pyrrole nitrogens is 3. The van der Waals surface area contributed by atoms with E-state index >= 15 is 0 Å². The van der Waals surface area contributed by atoms with Crippen molar-refractivity contribution in [2.75, 3.05) is 13.2 Å². The van der Waals surface area contributed by atoms with Crippen molar-refractivity contribution in [3.8, 4) is 0 Å². The number of carbonyl (C=O) groups is 1. The molecular weight excluding hydrogens is 346 g/mol. The summed E-state index contributed by atoms with van der Waals surface area (Å²) in [6.45, 7) is 4.16. The SMILES string of the molecule is CCOC(=O)c1[nH]c(=O)[nH]c1CN1CCc2[nH]nc(CC3CCCC3)c2C1. The normalized spacial score (nSPS) is 18.0. The van der Waals surface area contributed by atoms with Crippen molar-refractivity contribution in [3.05, 3.63) is 38.8 Å². The van der Waals surface area contributed by atoms with Crippen LogP contribution in [0.1, 0.15) is 65.7 Å². The highest BCUT2D eigenvalue weighted by Crippen LogP contribution is 2.30.